The van der Waals surface area contributed by atoms with Crippen LogP contribution in [0.1, 0.15) is 38.8 Å². The average molecular weight is 441 g/mol. The topological polar surface area (TPSA) is 66.9 Å². The summed E-state index contributed by atoms with van der Waals surface area (Å²) in [5.41, 5.74) is 2.31. The van der Waals surface area contributed by atoms with Crippen LogP contribution in [0.2, 0.25) is 0 Å². The summed E-state index contributed by atoms with van der Waals surface area (Å²) in [7, 11) is 0. The minimum atomic E-state index is -0.991. The van der Waals surface area contributed by atoms with Gasteiger partial charge in [0.25, 0.3) is 5.91 Å². The fourth-order valence-corrected chi connectivity index (χ4v) is 5.34. The Morgan fingerprint density at radius 2 is 1.90 bits per heavy atom. The number of hydrogen-bond donors (Lipinski definition) is 0. The second-order valence-corrected chi connectivity index (χ2v) is 9.27. The molecule has 0 saturated carbocycles. The molecule has 2 saturated heterocycles. The number of carbonyl (C=O) groups is 3. The number of Topliss-reactive ketones (excluding diaryl/α,β-unsaturated/α-hetero) is 2. The Morgan fingerprint density at radius 3 is 2.61 bits per heavy atom. The molecule has 2 aliphatic rings. The van der Waals surface area contributed by atoms with Crippen molar-refractivity contribution in [2.24, 2.45) is 5.92 Å². The Bertz CT molecular complexity index is 966. The largest absolute Gasteiger partial charge is 0.379 e. The number of benzene rings is 1. The maximum atomic E-state index is 13.5. The maximum Gasteiger partial charge on any atom is 0.291 e. The zero-order valence-corrected chi connectivity index (χ0v) is 18.8. The van der Waals surface area contributed by atoms with E-state index in [0.717, 1.165) is 55.3 Å². The predicted molar refractivity (Wildman–Crippen MR) is 119 cm³/mol. The molecular formula is C24H28N2O4S. The van der Waals surface area contributed by atoms with Gasteiger partial charge in [-0.15, -0.1) is 11.3 Å². The Balaban J connectivity index is 1.59. The molecule has 1 aromatic carbocycles. The number of nitrogens with zero attached hydrogens (tertiary/aromatic N) is 2. The first-order chi connectivity index (χ1) is 15.0. The normalized spacial score (nSPS) is 22.3. The second-order valence-electron chi connectivity index (χ2n) is 8.29. The van der Waals surface area contributed by atoms with E-state index in [1.807, 2.05) is 49.6 Å². The van der Waals surface area contributed by atoms with Crippen molar-refractivity contribution in [2.45, 2.75) is 26.3 Å². The average Bonchev–Trinajstić information content (AvgIpc) is 3.38. The first kappa shape index (κ1) is 21.9. The molecule has 0 N–H and O–H groups in total. The van der Waals surface area contributed by atoms with Crippen LogP contribution in [0.5, 0.6) is 0 Å². The van der Waals surface area contributed by atoms with Gasteiger partial charge in [0.1, 0.15) is 5.92 Å². The molecule has 2 aromatic rings. The third-order valence-corrected chi connectivity index (χ3v) is 7.10. The van der Waals surface area contributed by atoms with Crippen LogP contribution in [0, 0.1) is 19.8 Å². The number of amides is 1. The molecule has 6 nitrogen and oxygen atoms in total. The number of ether oxygens (including phenoxy) is 1. The van der Waals surface area contributed by atoms with E-state index >= 15 is 0 Å². The zero-order valence-electron chi connectivity index (χ0n) is 18.0. The number of ketones is 2. The fraction of sp³-hybridized carbons (Fsp3) is 0.458. The lowest BCUT2D eigenvalue weighted by atomic mass is 9.87. The minimum Gasteiger partial charge on any atom is -0.379 e. The van der Waals surface area contributed by atoms with Gasteiger partial charge in [-0.25, -0.2) is 0 Å². The molecule has 0 radical (unpaired) electrons. The van der Waals surface area contributed by atoms with Gasteiger partial charge in [0, 0.05) is 36.6 Å². The number of aryl methyl sites for hydroxylation is 2. The summed E-state index contributed by atoms with van der Waals surface area (Å²) in [5.74, 6) is -2.37. The van der Waals surface area contributed by atoms with E-state index in [1.54, 1.807) is 4.90 Å². The van der Waals surface area contributed by atoms with Crippen LogP contribution in [-0.2, 0) is 14.3 Å². The highest BCUT2D eigenvalue weighted by Crippen LogP contribution is 2.40. The van der Waals surface area contributed by atoms with Crippen LogP contribution in [-0.4, -0.2) is 66.7 Å². The summed E-state index contributed by atoms with van der Waals surface area (Å²) >= 11 is 1.49. The fourth-order valence-electron chi connectivity index (χ4n) is 4.46. The lowest BCUT2D eigenvalue weighted by Crippen LogP contribution is -2.39. The summed E-state index contributed by atoms with van der Waals surface area (Å²) in [4.78, 5) is 44.4. The molecule has 2 unspecified atom stereocenters. The maximum absolute atomic E-state index is 13.5. The van der Waals surface area contributed by atoms with Gasteiger partial charge < -0.3 is 9.64 Å². The lowest BCUT2D eigenvalue weighted by Gasteiger charge is -2.29. The predicted octanol–water partition coefficient (Wildman–Crippen LogP) is 3.04. The van der Waals surface area contributed by atoms with Crippen molar-refractivity contribution in [3.8, 4) is 0 Å². The number of likely N-dealkylation sites (tertiary alicyclic amines) is 1. The lowest BCUT2D eigenvalue weighted by molar-refractivity contribution is -0.140. The van der Waals surface area contributed by atoms with E-state index in [4.69, 9.17) is 4.74 Å². The first-order valence-electron chi connectivity index (χ1n) is 10.8. The van der Waals surface area contributed by atoms with Gasteiger partial charge in [-0.2, -0.15) is 0 Å². The van der Waals surface area contributed by atoms with E-state index in [-0.39, 0.29) is 5.78 Å². The van der Waals surface area contributed by atoms with Crippen molar-refractivity contribution in [1.82, 2.24) is 9.80 Å². The van der Waals surface area contributed by atoms with E-state index in [1.165, 1.54) is 11.3 Å². The van der Waals surface area contributed by atoms with E-state index in [0.29, 0.717) is 12.1 Å². The molecule has 2 fully saturated rings. The van der Waals surface area contributed by atoms with Gasteiger partial charge in [0.2, 0.25) is 5.78 Å². The van der Waals surface area contributed by atoms with E-state index in [9.17, 15) is 14.4 Å². The third kappa shape index (κ3) is 4.49. The Kier molecular flexibility index (Phi) is 6.65. The highest BCUT2D eigenvalue weighted by atomic mass is 32.1. The van der Waals surface area contributed by atoms with Gasteiger partial charge in [-0.3, -0.25) is 19.3 Å². The Hall–Kier alpha value is -2.35. The van der Waals surface area contributed by atoms with Crippen LogP contribution in [0.4, 0.5) is 0 Å². The summed E-state index contributed by atoms with van der Waals surface area (Å²) < 4.78 is 5.39. The van der Waals surface area contributed by atoms with Crippen molar-refractivity contribution in [3.05, 3.63) is 57.3 Å². The third-order valence-electron chi connectivity index (χ3n) is 6.16. The van der Waals surface area contributed by atoms with Crippen molar-refractivity contribution in [3.63, 3.8) is 0 Å². The van der Waals surface area contributed by atoms with Gasteiger partial charge in [-0.1, -0.05) is 23.8 Å². The molecule has 1 amide bonds. The molecule has 164 valence electrons. The molecule has 2 atom stereocenters. The van der Waals surface area contributed by atoms with Crippen LogP contribution >= 0.6 is 11.3 Å². The van der Waals surface area contributed by atoms with Gasteiger partial charge in [0.15, 0.2) is 5.78 Å². The van der Waals surface area contributed by atoms with Crippen molar-refractivity contribution in [1.29, 1.82) is 0 Å². The molecule has 4 rings (SSSR count). The van der Waals surface area contributed by atoms with Crippen LogP contribution in [0.25, 0.3) is 0 Å². The van der Waals surface area contributed by atoms with Gasteiger partial charge in [0.05, 0.1) is 19.3 Å². The van der Waals surface area contributed by atoms with Gasteiger partial charge in [-0.05, 0) is 43.3 Å². The van der Waals surface area contributed by atoms with E-state index < -0.39 is 23.7 Å². The highest BCUT2D eigenvalue weighted by molar-refractivity contribution is 7.10. The number of carbonyl (C=O) groups excluding carboxylic acids is 3. The monoisotopic (exact) mass is 440 g/mol. The SMILES string of the molecule is Cc1ccc(C)c(C(=O)C2C(=O)C(=O)N(CCCN3CCOCC3)C2c2cccs2)c1. The molecule has 31 heavy (non-hydrogen) atoms. The molecule has 7 heteroatoms. The molecule has 0 aliphatic carbocycles. The zero-order chi connectivity index (χ0) is 22.0. The van der Waals surface area contributed by atoms with Crippen LogP contribution in [0.3, 0.4) is 0 Å². The van der Waals surface area contributed by atoms with Crippen LogP contribution in [0.15, 0.2) is 35.7 Å². The van der Waals surface area contributed by atoms with Crippen LogP contribution < -0.4 is 0 Å². The summed E-state index contributed by atoms with van der Waals surface area (Å²) in [6.45, 7) is 8.32. The minimum absolute atomic E-state index is 0.256. The summed E-state index contributed by atoms with van der Waals surface area (Å²) in [6.07, 6.45) is 0.755. The van der Waals surface area contributed by atoms with E-state index in [2.05, 4.69) is 4.90 Å². The molecule has 2 aliphatic heterocycles. The quantitative estimate of drug-likeness (QED) is 0.376. The second kappa shape index (κ2) is 9.42. The molecule has 3 heterocycles. The molecule has 0 spiro atoms. The molecular weight excluding hydrogens is 412 g/mol. The molecule has 0 bridgehead atoms. The van der Waals surface area contributed by atoms with Crippen molar-refractivity contribution in [2.75, 3.05) is 39.4 Å². The Morgan fingerprint density at radius 1 is 1.13 bits per heavy atom. The Labute approximate surface area is 186 Å². The smallest absolute Gasteiger partial charge is 0.291 e. The standard InChI is InChI=1S/C24H28N2O4S/c1-16-6-7-17(2)18(15-16)22(27)20-21(19-5-3-14-31-19)26(24(29)23(20)28)9-4-8-25-10-12-30-13-11-25/h3,5-7,14-15,20-21H,4,8-13H2,1-2H3. The van der Waals surface area contributed by atoms with Gasteiger partial charge >= 0.3 is 0 Å². The highest BCUT2D eigenvalue weighted by Gasteiger charge is 2.52. The first-order valence-corrected chi connectivity index (χ1v) is 11.6. The number of rotatable bonds is 7. The van der Waals surface area contributed by atoms with Crippen molar-refractivity contribution < 1.29 is 19.1 Å². The summed E-state index contributed by atoms with van der Waals surface area (Å²) in [5, 5.41) is 1.92. The summed E-state index contributed by atoms with van der Waals surface area (Å²) in [6, 6.07) is 8.95. The number of morpholine rings is 1. The number of hydrogen-bond acceptors (Lipinski definition) is 6. The molecule has 1 aromatic heterocycles. The number of thiophene rings is 1. The van der Waals surface area contributed by atoms with Crippen molar-refractivity contribution >= 4 is 28.8 Å².